The minimum Gasteiger partial charge on any atom is -0.493 e. The van der Waals surface area contributed by atoms with Crippen molar-refractivity contribution in [1.29, 1.82) is 0 Å². The summed E-state index contributed by atoms with van der Waals surface area (Å²) in [4.78, 5) is 32.8. The molecule has 2 amide bonds. The molecule has 1 N–H and O–H groups in total. The highest BCUT2D eigenvalue weighted by molar-refractivity contribution is 5.81. The molecular formula is C32H38N4O4. The molecule has 1 aromatic heterocycles. The van der Waals surface area contributed by atoms with Gasteiger partial charge in [0.25, 0.3) is 0 Å². The number of ether oxygens (including phenoxy) is 2. The standard InChI is InChI=1S/C32H38N4O4/c1-23(2)35(21-24-11-6-5-7-12-24)32(38)22-36-27-14-9-8-13-26(27)34-30(36)15-10-18-33-31(37)20-25-16-17-28(39-3)29(19-25)40-4/h5-9,11-14,16-17,19,23H,10,15,18,20-22H2,1-4H3,(H,33,37). The fourth-order valence-electron chi connectivity index (χ4n) is 4.77. The Morgan fingerprint density at radius 2 is 1.65 bits per heavy atom. The highest BCUT2D eigenvalue weighted by atomic mass is 16.5. The van der Waals surface area contributed by atoms with Crippen molar-refractivity contribution in [3.63, 3.8) is 0 Å². The third kappa shape index (κ3) is 7.20. The summed E-state index contributed by atoms with van der Waals surface area (Å²) in [5.41, 5.74) is 3.75. The molecule has 1 heterocycles. The third-order valence-electron chi connectivity index (χ3n) is 6.88. The number of hydrogen-bond donors (Lipinski definition) is 1. The number of carbonyl (C=O) groups is 2. The van der Waals surface area contributed by atoms with E-state index in [1.165, 1.54) is 0 Å². The number of hydrogen-bond acceptors (Lipinski definition) is 5. The van der Waals surface area contributed by atoms with Gasteiger partial charge in [-0.05, 0) is 55.7 Å². The van der Waals surface area contributed by atoms with Gasteiger partial charge in [0.1, 0.15) is 12.4 Å². The van der Waals surface area contributed by atoms with E-state index in [0.717, 1.165) is 28.0 Å². The van der Waals surface area contributed by atoms with Crippen molar-refractivity contribution in [3.05, 3.63) is 89.7 Å². The third-order valence-corrected chi connectivity index (χ3v) is 6.88. The lowest BCUT2D eigenvalue weighted by Gasteiger charge is -2.27. The zero-order chi connectivity index (χ0) is 28.5. The maximum absolute atomic E-state index is 13.5. The first-order valence-electron chi connectivity index (χ1n) is 13.6. The summed E-state index contributed by atoms with van der Waals surface area (Å²) in [6, 6.07) is 23.5. The van der Waals surface area contributed by atoms with Gasteiger partial charge in [0.15, 0.2) is 11.5 Å². The Morgan fingerprint density at radius 3 is 2.38 bits per heavy atom. The van der Waals surface area contributed by atoms with E-state index in [9.17, 15) is 9.59 Å². The van der Waals surface area contributed by atoms with Crippen LogP contribution in [0.15, 0.2) is 72.8 Å². The molecule has 0 saturated heterocycles. The number of aromatic nitrogens is 2. The number of fused-ring (bicyclic) bond motifs is 1. The van der Waals surface area contributed by atoms with Crippen LogP contribution >= 0.6 is 0 Å². The van der Waals surface area contributed by atoms with Crippen LogP contribution in [0.3, 0.4) is 0 Å². The van der Waals surface area contributed by atoms with Gasteiger partial charge in [0.2, 0.25) is 11.8 Å². The van der Waals surface area contributed by atoms with Crippen LogP contribution in [-0.4, -0.2) is 53.1 Å². The zero-order valence-corrected chi connectivity index (χ0v) is 23.7. The van der Waals surface area contributed by atoms with E-state index in [4.69, 9.17) is 14.5 Å². The average molecular weight is 543 g/mol. The molecule has 0 bridgehead atoms. The van der Waals surface area contributed by atoms with E-state index < -0.39 is 0 Å². The number of nitrogens with one attached hydrogen (secondary N) is 1. The maximum atomic E-state index is 13.5. The van der Waals surface area contributed by atoms with Crippen molar-refractivity contribution in [2.75, 3.05) is 20.8 Å². The predicted molar refractivity (Wildman–Crippen MR) is 156 cm³/mol. The fourth-order valence-corrected chi connectivity index (χ4v) is 4.77. The van der Waals surface area contributed by atoms with Crippen LogP contribution in [0, 0.1) is 0 Å². The summed E-state index contributed by atoms with van der Waals surface area (Å²) in [7, 11) is 3.16. The second-order valence-electron chi connectivity index (χ2n) is 10.0. The predicted octanol–water partition coefficient (Wildman–Crippen LogP) is 4.78. The zero-order valence-electron chi connectivity index (χ0n) is 23.7. The summed E-state index contributed by atoms with van der Waals surface area (Å²) in [5.74, 6) is 2.05. The number of imidazole rings is 1. The number of benzene rings is 3. The minimum atomic E-state index is -0.0654. The largest absolute Gasteiger partial charge is 0.493 e. The van der Waals surface area contributed by atoms with E-state index in [1.807, 2.05) is 90.0 Å². The van der Waals surface area contributed by atoms with Crippen molar-refractivity contribution in [2.24, 2.45) is 0 Å². The van der Waals surface area contributed by atoms with Gasteiger partial charge in [0, 0.05) is 25.6 Å². The number of amides is 2. The molecule has 40 heavy (non-hydrogen) atoms. The first-order valence-corrected chi connectivity index (χ1v) is 13.6. The van der Waals surface area contributed by atoms with Crippen molar-refractivity contribution < 1.29 is 19.1 Å². The van der Waals surface area contributed by atoms with Gasteiger partial charge >= 0.3 is 0 Å². The number of nitrogens with zero attached hydrogens (tertiary/aromatic N) is 3. The molecule has 0 aliphatic heterocycles. The summed E-state index contributed by atoms with van der Waals surface area (Å²) < 4.78 is 12.6. The number of carbonyl (C=O) groups excluding carboxylic acids is 2. The van der Waals surface area contributed by atoms with Gasteiger partial charge in [0.05, 0.1) is 31.7 Å². The van der Waals surface area contributed by atoms with Crippen molar-refractivity contribution in [2.45, 2.75) is 52.2 Å². The molecule has 0 spiro atoms. The SMILES string of the molecule is COc1ccc(CC(=O)NCCCc2nc3ccccc3n2CC(=O)N(Cc2ccccc2)C(C)C)cc1OC. The highest BCUT2D eigenvalue weighted by Gasteiger charge is 2.21. The topological polar surface area (TPSA) is 85.7 Å². The molecule has 0 unspecified atom stereocenters. The fraction of sp³-hybridized carbons (Fsp3) is 0.344. The summed E-state index contributed by atoms with van der Waals surface area (Å²) in [5, 5.41) is 3.00. The Hall–Kier alpha value is -4.33. The van der Waals surface area contributed by atoms with E-state index in [2.05, 4.69) is 5.32 Å². The smallest absolute Gasteiger partial charge is 0.243 e. The van der Waals surface area contributed by atoms with E-state index in [-0.39, 0.29) is 30.8 Å². The molecule has 4 rings (SSSR count). The van der Waals surface area contributed by atoms with Crippen LogP contribution in [0.2, 0.25) is 0 Å². The van der Waals surface area contributed by atoms with Crippen molar-refractivity contribution >= 4 is 22.8 Å². The first kappa shape index (κ1) is 28.7. The molecule has 0 aliphatic carbocycles. The quantitative estimate of drug-likeness (QED) is 0.246. The molecular weight excluding hydrogens is 504 g/mol. The monoisotopic (exact) mass is 542 g/mol. The molecule has 0 radical (unpaired) electrons. The van der Waals surface area contributed by atoms with E-state index >= 15 is 0 Å². The molecule has 4 aromatic rings. The average Bonchev–Trinajstić information content (AvgIpc) is 3.31. The van der Waals surface area contributed by atoms with Crippen LogP contribution < -0.4 is 14.8 Å². The first-order chi connectivity index (χ1) is 19.4. The van der Waals surface area contributed by atoms with Crippen LogP contribution in [0.5, 0.6) is 11.5 Å². The van der Waals surface area contributed by atoms with E-state index in [0.29, 0.717) is 37.4 Å². The molecule has 0 aliphatic rings. The van der Waals surface area contributed by atoms with Crippen LogP contribution in [0.25, 0.3) is 11.0 Å². The molecule has 3 aromatic carbocycles. The maximum Gasteiger partial charge on any atom is 0.243 e. The Labute approximate surface area is 235 Å². The molecule has 0 saturated carbocycles. The summed E-state index contributed by atoms with van der Waals surface area (Å²) in [6.45, 7) is 5.37. The normalized spacial score (nSPS) is 11.0. The van der Waals surface area contributed by atoms with Gasteiger partial charge < -0.3 is 24.3 Å². The Kier molecular flexibility index (Phi) is 9.78. The molecule has 8 nitrogen and oxygen atoms in total. The van der Waals surface area contributed by atoms with E-state index in [1.54, 1.807) is 20.3 Å². The lowest BCUT2D eigenvalue weighted by Crippen LogP contribution is -2.38. The number of para-hydroxylation sites is 2. The number of rotatable bonds is 13. The van der Waals surface area contributed by atoms with Crippen LogP contribution in [0.4, 0.5) is 0 Å². The number of aryl methyl sites for hydroxylation is 1. The lowest BCUT2D eigenvalue weighted by molar-refractivity contribution is -0.134. The van der Waals surface area contributed by atoms with Crippen LogP contribution in [-0.2, 0) is 35.5 Å². The Balaban J connectivity index is 1.39. The minimum absolute atomic E-state index is 0.0477. The number of methoxy groups -OCH3 is 2. The summed E-state index contributed by atoms with van der Waals surface area (Å²) >= 11 is 0. The van der Waals surface area contributed by atoms with Gasteiger partial charge in [-0.1, -0.05) is 48.5 Å². The highest BCUT2D eigenvalue weighted by Crippen LogP contribution is 2.27. The van der Waals surface area contributed by atoms with Crippen molar-refractivity contribution in [3.8, 4) is 11.5 Å². The van der Waals surface area contributed by atoms with Crippen molar-refractivity contribution in [1.82, 2.24) is 19.8 Å². The van der Waals surface area contributed by atoms with Gasteiger partial charge in [-0.15, -0.1) is 0 Å². The second kappa shape index (κ2) is 13.6. The lowest BCUT2D eigenvalue weighted by atomic mass is 10.1. The Morgan fingerprint density at radius 1 is 0.925 bits per heavy atom. The summed E-state index contributed by atoms with van der Waals surface area (Å²) in [6.07, 6.45) is 1.59. The molecule has 8 heteroatoms. The van der Waals surface area contributed by atoms with Crippen LogP contribution in [0.1, 0.15) is 37.2 Å². The second-order valence-corrected chi connectivity index (χ2v) is 10.0. The molecule has 210 valence electrons. The van der Waals surface area contributed by atoms with Gasteiger partial charge in [-0.2, -0.15) is 0 Å². The van der Waals surface area contributed by atoms with Gasteiger partial charge in [-0.3, -0.25) is 9.59 Å². The molecule has 0 atom stereocenters. The van der Waals surface area contributed by atoms with Gasteiger partial charge in [-0.25, -0.2) is 4.98 Å². The Bertz CT molecular complexity index is 1430. The molecule has 0 fully saturated rings.